The predicted molar refractivity (Wildman–Crippen MR) is 104 cm³/mol. The predicted octanol–water partition coefficient (Wildman–Crippen LogP) is 2.27. The first kappa shape index (κ1) is 18.3. The minimum Gasteiger partial charge on any atom is -0.495 e. The van der Waals surface area contributed by atoms with Crippen LogP contribution < -0.4 is 15.0 Å². The summed E-state index contributed by atoms with van der Waals surface area (Å²) in [5.41, 5.74) is 1.33. The number of nitrogens with zero attached hydrogens (tertiary/aromatic N) is 4. The molecule has 1 atom stereocenters. The van der Waals surface area contributed by atoms with E-state index in [9.17, 15) is 9.59 Å². The van der Waals surface area contributed by atoms with E-state index in [0.29, 0.717) is 43.2 Å². The number of rotatable bonds is 4. The number of aromatic nitrogens is 3. The molecule has 0 bridgehead atoms. The van der Waals surface area contributed by atoms with Crippen LogP contribution in [0.5, 0.6) is 5.75 Å². The van der Waals surface area contributed by atoms with Crippen LogP contribution in [-0.4, -0.2) is 58.8 Å². The molecule has 3 amide bonds. The Morgan fingerprint density at radius 3 is 2.89 bits per heavy atom. The second-order valence-corrected chi connectivity index (χ2v) is 7.18. The smallest absolute Gasteiger partial charge is 0.321 e. The number of anilines is 2. The van der Waals surface area contributed by atoms with E-state index in [1.807, 2.05) is 6.92 Å². The number of nitrogens with one attached hydrogen (secondary N) is 2. The first-order valence-electron chi connectivity index (χ1n) is 9.48. The van der Waals surface area contributed by atoms with E-state index in [1.54, 1.807) is 35.1 Å². The summed E-state index contributed by atoms with van der Waals surface area (Å²) in [6.45, 7) is 3.76. The average Bonchev–Trinajstić information content (AvgIpc) is 3.42. The lowest BCUT2D eigenvalue weighted by atomic mass is 10.1. The molecule has 2 saturated heterocycles. The van der Waals surface area contributed by atoms with Crippen LogP contribution in [0.1, 0.15) is 36.8 Å². The summed E-state index contributed by atoms with van der Waals surface area (Å²) >= 11 is 0. The molecule has 0 spiro atoms. The Kier molecular flexibility index (Phi) is 4.89. The molecule has 1 aromatic carbocycles. The molecule has 2 aliphatic heterocycles. The van der Waals surface area contributed by atoms with Crippen molar-refractivity contribution >= 4 is 23.3 Å². The van der Waals surface area contributed by atoms with E-state index < -0.39 is 0 Å². The van der Waals surface area contributed by atoms with Crippen LogP contribution in [0.3, 0.4) is 0 Å². The van der Waals surface area contributed by atoms with E-state index >= 15 is 0 Å². The molecule has 148 valence electrons. The molecule has 0 radical (unpaired) electrons. The lowest BCUT2D eigenvalue weighted by molar-refractivity contribution is -0.117. The quantitative estimate of drug-likeness (QED) is 0.842. The summed E-state index contributed by atoms with van der Waals surface area (Å²) in [6.07, 6.45) is 2.20. The third-order valence-corrected chi connectivity index (χ3v) is 5.25. The fourth-order valence-corrected chi connectivity index (χ4v) is 3.78. The summed E-state index contributed by atoms with van der Waals surface area (Å²) in [4.78, 5) is 32.7. The number of hydrogen-bond donors (Lipinski definition) is 2. The van der Waals surface area contributed by atoms with Crippen LogP contribution in [0, 0.1) is 6.92 Å². The van der Waals surface area contributed by atoms with Crippen LogP contribution >= 0.6 is 0 Å². The zero-order valence-corrected chi connectivity index (χ0v) is 16.1. The topological polar surface area (TPSA) is 103 Å². The minimum absolute atomic E-state index is 0.0750. The van der Waals surface area contributed by atoms with Crippen molar-refractivity contribution in [1.82, 2.24) is 20.1 Å². The van der Waals surface area contributed by atoms with Crippen molar-refractivity contribution < 1.29 is 14.3 Å². The molecule has 4 rings (SSSR count). The molecule has 9 heteroatoms. The maximum Gasteiger partial charge on any atom is 0.321 e. The Hall–Kier alpha value is -3.10. The third kappa shape index (κ3) is 3.51. The maximum atomic E-state index is 12.7. The summed E-state index contributed by atoms with van der Waals surface area (Å²) in [5.74, 6) is 2.37. The summed E-state index contributed by atoms with van der Waals surface area (Å²) in [7, 11) is 1.58. The maximum absolute atomic E-state index is 12.7. The molecule has 0 saturated carbocycles. The molecule has 2 fully saturated rings. The number of H-pyrrole nitrogens is 1. The number of carbonyl (C=O) groups is 2. The van der Waals surface area contributed by atoms with Crippen molar-refractivity contribution in [2.24, 2.45) is 0 Å². The molecule has 2 N–H and O–H groups in total. The van der Waals surface area contributed by atoms with Crippen LogP contribution in [0.2, 0.25) is 0 Å². The molecular weight excluding hydrogens is 360 g/mol. The number of aryl methyl sites for hydroxylation is 1. The summed E-state index contributed by atoms with van der Waals surface area (Å²) in [6, 6.07) is 5.19. The molecule has 28 heavy (non-hydrogen) atoms. The number of hydrogen-bond acceptors (Lipinski definition) is 5. The van der Waals surface area contributed by atoms with Crippen molar-refractivity contribution in [3.05, 3.63) is 29.8 Å². The molecule has 1 aromatic heterocycles. The fourth-order valence-electron chi connectivity index (χ4n) is 3.78. The molecule has 3 heterocycles. The highest BCUT2D eigenvalue weighted by Crippen LogP contribution is 2.34. The van der Waals surface area contributed by atoms with Crippen molar-refractivity contribution in [3.8, 4) is 5.75 Å². The number of urea groups is 1. The molecular formula is C19H24N6O3. The number of benzene rings is 1. The first-order valence-corrected chi connectivity index (χ1v) is 9.48. The largest absolute Gasteiger partial charge is 0.495 e. The van der Waals surface area contributed by atoms with Crippen LogP contribution in [0.4, 0.5) is 16.2 Å². The van der Waals surface area contributed by atoms with Gasteiger partial charge in [0.1, 0.15) is 11.6 Å². The van der Waals surface area contributed by atoms with Crippen molar-refractivity contribution in [1.29, 1.82) is 0 Å². The molecule has 2 aromatic rings. The van der Waals surface area contributed by atoms with Gasteiger partial charge >= 0.3 is 6.03 Å². The van der Waals surface area contributed by atoms with Gasteiger partial charge in [-0.15, -0.1) is 0 Å². The van der Waals surface area contributed by atoms with Gasteiger partial charge in [-0.25, -0.2) is 9.78 Å². The Morgan fingerprint density at radius 1 is 1.36 bits per heavy atom. The summed E-state index contributed by atoms with van der Waals surface area (Å²) in [5, 5.41) is 10.0. The number of carbonyl (C=O) groups excluding carboxylic acids is 2. The van der Waals surface area contributed by atoms with Gasteiger partial charge in [0.25, 0.3) is 0 Å². The highest BCUT2D eigenvalue weighted by molar-refractivity contribution is 5.98. The number of ether oxygens (including phenoxy) is 1. The van der Waals surface area contributed by atoms with E-state index in [2.05, 4.69) is 20.5 Å². The van der Waals surface area contributed by atoms with E-state index in [0.717, 1.165) is 24.5 Å². The Balaban J connectivity index is 1.45. The van der Waals surface area contributed by atoms with Crippen molar-refractivity contribution in [3.63, 3.8) is 0 Å². The fraction of sp³-hybridized carbons (Fsp3) is 0.474. The zero-order valence-electron chi connectivity index (χ0n) is 16.1. The Labute approximate surface area is 163 Å². The lowest BCUT2D eigenvalue weighted by Gasteiger charge is -2.21. The van der Waals surface area contributed by atoms with Gasteiger partial charge in [-0.05, 0) is 38.0 Å². The number of aromatic amines is 1. The normalized spacial score (nSPS) is 19.4. The van der Waals surface area contributed by atoms with Crippen LogP contribution in [-0.2, 0) is 4.79 Å². The van der Waals surface area contributed by atoms with Crippen LogP contribution in [0.15, 0.2) is 18.2 Å². The van der Waals surface area contributed by atoms with E-state index in [4.69, 9.17) is 4.74 Å². The van der Waals surface area contributed by atoms with Gasteiger partial charge in [-0.1, -0.05) is 0 Å². The zero-order chi connectivity index (χ0) is 19.7. The number of likely N-dealkylation sites (tertiary alicyclic amines) is 1. The number of amides is 3. The van der Waals surface area contributed by atoms with E-state index in [1.165, 1.54) is 0 Å². The van der Waals surface area contributed by atoms with Gasteiger partial charge < -0.3 is 19.9 Å². The van der Waals surface area contributed by atoms with Crippen LogP contribution in [0.25, 0.3) is 0 Å². The standard InChI is InChI=1S/C19H24N6O3/c1-12-20-18(23-22-12)13-7-9-24(11-13)19(27)21-14-5-6-16(28-2)15(10-14)25-8-3-4-17(25)26/h5-6,10,13H,3-4,7-9,11H2,1-2H3,(H,21,27)(H,20,22,23). The molecule has 1 unspecified atom stereocenters. The Morgan fingerprint density at radius 2 is 2.21 bits per heavy atom. The van der Waals surface area contributed by atoms with Gasteiger partial charge in [-0.2, -0.15) is 5.10 Å². The summed E-state index contributed by atoms with van der Waals surface area (Å²) < 4.78 is 5.40. The highest BCUT2D eigenvalue weighted by Gasteiger charge is 2.30. The first-order chi connectivity index (χ1) is 13.5. The second kappa shape index (κ2) is 7.49. The average molecular weight is 384 g/mol. The third-order valence-electron chi connectivity index (χ3n) is 5.25. The number of methoxy groups -OCH3 is 1. The second-order valence-electron chi connectivity index (χ2n) is 7.18. The van der Waals surface area contributed by atoms with Gasteiger partial charge in [0.05, 0.1) is 12.8 Å². The monoisotopic (exact) mass is 384 g/mol. The molecule has 0 aliphatic carbocycles. The lowest BCUT2D eigenvalue weighted by Crippen LogP contribution is -2.33. The van der Waals surface area contributed by atoms with Gasteiger partial charge in [0.15, 0.2) is 5.82 Å². The van der Waals surface area contributed by atoms with Crippen molar-refractivity contribution in [2.75, 3.05) is 37.0 Å². The SMILES string of the molecule is COc1ccc(NC(=O)N2CCC(c3n[nH]c(C)n3)C2)cc1N1CCCC1=O. The van der Waals surface area contributed by atoms with Crippen molar-refractivity contribution in [2.45, 2.75) is 32.1 Å². The van der Waals surface area contributed by atoms with Gasteiger partial charge in [-0.3, -0.25) is 9.89 Å². The molecule has 2 aliphatic rings. The van der Waals surface area contributed by atoms with Gasteiger partial charge in [0.2, 0.25) is 5.91 Å². The van der Waals surface area contributed by atoms with E-state index in [-0.39, 0.29) is 17.9 Å². The Bertz CT molecular complexity index is 896. The van der Waals surface area contributed by atoms with Gasteiger partial charge in [0, 0.05) is 37.7 Å². The molecule has 9 nitrogen and oxygen atoms in total. The highest BCUT2D eigenvalue weighted by atomic mass is 16.5. The minimum atomic E-state index is -0.168.